The number of carboxylic acids is 1. The summed E-state index contributed by atoms with van der Waals surface area (Å²) >= 11 is 5.86. The maximum Gasteiger partial charge on any atom is 0.305 e. The summed E-state index contributed by atoms with van der Waals surface area (Å²) in [6.45, 7) is 0. The van der Waals surface area contributed by atoms with Gasteiger partial charge >= 0.3 is 5.97 Å². The minimum absolute atomic E-state index is 0.208. The van der Waals surface area contributed by atoms with E-state index < -0.39 is 44.0 Å². The van der Waals surface area contributed by atoms with Crippen molar-refractivity contribution in [3.05, 3.63) is 69.2 Å². The van der Waals surface area contributed by atoms with Crippen molar-refractivity contribution < 1.29 is 23.2 Å². The molecule has 0 aromatic heterocycles. The number of nitrogens with zero attached hydrogens (tertiary/aromatic N) is 1. The number of hydrogen-bond donors (Lipinski definition) is 2. The molecule has 0 unspecified atom stereocenters. The monoisotopic (exact) mass is 384 g/mol. The van der Waals surface area contributed by atoms with Crippen molar-refractivity contribution in [1.82, 2.24) is 4.72 Å². The van der Waals surface area contributed by atoms with E-state index in [1.54, 1.807) is 30.3 Å². The molecule has 0 aliphatic rings. The zero-order valence-electron chi connectivity index (χ0n) is 12.6. The standard InChI is InChI=1S/C15H13ClN2O6S/c16-12-7-6-11(18(21)22)8-14(12)25(23,24)17-13(9-15(19)20)10-4-2-1-3-5-10/h1-8,13,17H,9H2,(H,19,20)/t13-/m1/s1. The van der Waals surface area contributed by atoms with Gasteiger partial charge in [0.15, 0.2) is 0 Å². The molecule has 8 nitrogen and oxygen atoms in total. The first-order valence-corrected chi connectivity index (χ1v) is 8.80. The smallest absolute Gasteiger partial charge is 0.305 e. The fraction of sp³-hybridized carbons (Fsp3) is 0.133. The Bertz CT molecular complexity index is 901. The van der Waals surface area contributed by atoms with Crippen molar-refractivity contribution in [3.63, 3.8) is 0 Å². The largest absolute Gasteiger partial charge is 0.481 e. The lowest BCUT2D eigenvalue weighted by molar-refractivity contribution is -0.385. The number of sulfonamides is 1. The number of nitrogens with one attached hydrogen (secondary N) is 1. The Morgan fingerprint density at radius 1 is 1.24 bits per heavy atom. The first kappa shape index (κ1) is 18.8. The number of carbonyl (C=O) groups is 1. The van der Waals surface area contributed by atoms with Crippen molar-refractivity contribution >= 4 is 33.3 Å². The van der Waals surface area contributed by atoms with Gasteiger partial charge in [0.25, 0.3) is 5.69 Å². The van der Waals surface area contributed by atoms with Gasteiger partial charge in [-0.15, -0.1) is 0 Å². The van der Waals surface area contributed by atoms with Gasteiger partial charge in [0.1, 0.15) is 4.90 Å². The van der Waals surface area contributed by atoms with Gasteiger partial charge in [-0.3, -0.25) is 14.9 Å². The topological polar surface area (TPSA) is 127 Å². The summed E-state index contributed by atoms with van der Waals surface area (Å²) < 4.78 is 27.4. The molecule has 0 spiro atoms. The quantitative estimate of drug-likeness (QED) is 0.558. The first-order valence-electron chi connectivity index (χ1n) is 6.93. The Morgan fingerprint density at radius 3 is 2.44 bits per heavy atom. The predicted octanol–water partition coefficient (Wildman–Crippen LogP) is 2.74. The van der Waals surface area contributed by atoms with E-state index in [9.17, 15) is 23.3 Å². The van der Waals surface area contributed by atoms with E-state index in [4.69, 9.17) is 16.7 Å². The third-order valence-corrected chi connectivity index (χ3v) is 5.25. The van der Waals surface area contributed by atoms with Crippen molar-refractivity contribution in [1.29, 1.82) is 0 Å². The van der Waals surface area contributed by atoms with Crippen molar-refractivity contribution in [2.45, 2.75) is 17.4 Å². The van der Waals surface area contributed by atoms with Crippen LogP contribution in [0, 0.1) is 10.1 Å². The van der Waals surface area contributed by atoms with Crippen LogP contribution >= 0.6 is 11.6 Å². The molecule has 0 fully saturated rings. The Morgan fingerprint density at radius 2 is 1.88 bits per heavy atom. The Hall–Kier alpha value is -2.49. The van der Waals surface area contributed by atoms with Crippen LogP contribution in [0.3, 0.4) is 0 Å². The van der Waals surface area contributed by atoms with Gasteiger partial charge < -0.3 is 5.11 Å². The van der Waals surface area contributed by atoms with Gasteiger partial charge in [-0.25, -0.2) is 13.1 Å². The maximum atomic E-state index is 12.6. The summed E-state index contributed by atoms with van der Waals surface area (Å²) in [7, 11) is -4.29. The van der Waals surface area contributed by atoms with Crippen LogP contribution in [-0.4, -0.2) is 24.4 Å². The minimum atomic E-state index is -4.29. The fourth-order valence-electron chi connectivity index (χ4n) is 2.15. The fourth-order valence-corrected chi connectivity index (χ4v) is 3.89. The van der Waals surface area contributed by atoms with E-state index in [-0.39, 0.29) is 5.02 Å². The van der Waals surface area contributed by atoms with E-state index in [0.29, 0.717) is 5.56 Å². The zero-order chi connectivity index (χ0) is 18.6. The summed E-state index contributed by atoms with van der Waals surface area (Å²) in [5.41, 5.74) is -0.00528. The second kappa shape index (κ2) is 7.60. The van der Waals surface area contributed by atoms with E-state index in [0.717, 1.165) is 18.2 Å². The second-order valence-electron chi connectivity index (χ2n) is 5.05. The lowest BCUT2D eigenvalue weighted by Crippen LogP contribution is -2.30. The second-order valence-corrected chi connectivity index (χ2v) is 7.14. The number of non-ortho nitro benzene ring substituents is 1. The molecule has 2 aromatic rings. The van der Waals surface area contributed by atoms with Crippen LogP contribution in [0.2, 0.25) is 5.02 Å². The van der Waals surface area contributed by atoms with Gasteiger partial charge in [0.2, 0.25) is 10.0 Å². The van der Waals surface area contributed by atoms with Gasteiger partial charge in [0.05, 0.1) is 22.4 Å². The molecule has 0 aliphatic heterocycles. The average molecular weight is 385 g/mol. The van der Waals surface area contributed by atoms with Crippen LogP contribution in [0.15, 0.2) is 53.4 Å². The van der Waals surface area contributed by atoms with Crippen LogP contribution in [0.1, 0.15) is 18.0 Å². The van der Waals surface area contributed by atoms with Gasteiger partial charge in [-0.05, 0) is 11.6 Å². The third kappa shape index (κ3) is 4.75. The normalized spacial score (nSPS) is 12.5. The van der Waals surface area contributed by atoms with Crippen LogP contribution in [0.5, 0.6) is 0 Å². The number of carboxylic acid groups (broad SMARTS) is 1. The van der Waals surface area contributed by atoms with E-state index >= 15 is 0 Å². The van der Waals surface area contributed by atoms with Crippen molar-refractivity contribution in [2.24, 2.45) is 0 Å². The van der Waals surface area contributed by atoms with Crippen molar-refractivity contribution in [2.75, 3.05) is 0 Å². The summed E-state index contributed by atoms with van der Waals surface area (Å²) in [5, 5.41) is 19.7. The van der Waals surface area contributed by atoms with Gasteiger partial charge in [0, 0.05) is 12.1 Å². The first-order chi connectivity index (χ1) is 11.7. The number of hydrogen-bond acceptors (Lipinski definition) is 5. The lowest BCUT2D eigenvalue weighted by atomic mass is 10.1. The Kier molecular flexibility index (Phi) is 5.73. The molecular formula is C15H13ClN2O6S. The average Bonchev–Trinajstić information content (AvgIpc) is 2.54. The molecule has 0 heterocycles. The van der Waals surface area contributed by atoms with E-state index in [1.807, 2.05) is 0 Å². The van der Waals surface area contributed by atoms with Crippen LogP contribution in [0.4, 0.5) is 5.69 Å². The highest BCUT2D eigenvalue weighted by atomic mass is 35.5. The van der Waals surface area contributed by atoms with Crippen molar-refractivity contribution in [3.8, 4) is 0 Å². The summed E-state index contributed by atoms with van der Waals surface area (Å²) in [6, 6.07) is 10.1. The molecule has 132 valence electrons. The molecule has 0 saturated carbocycles. The molecule has 0 amide bonds. The number of aliphatic carboxylic acids is 1. The molecule has 0 bridgehead atoms. The molecule has 10 heteroatoms. The van der Waals surface area contributed by atoms with Crippen LogP contribution in [-0.2, 0) is 14.8 Å². The molecule has 0 radical (unpaired) electrons. The highest BCUT2D eigenvalue weighted by Crippen LogP contribution is 2.28. The van der Waals surface area contributed by atoms with Crippen LogP contribution < -0.4 is 4.72 Å². The number of benzene rings is 2. The number of rotatable bonds is 7. The van der Waals surface area contributed by atoms with E-state index in [1.165, 1.54) is 0 Å². The number of nitro groups is 1. The number of nitro benzene ring substituents is 1. The molecule has 2 aromatic carbocycles. The van der Waals surface area contributed by atoms with E-state index in [2.05, 4.69) is 4.72 Å². The summed E-state index contributed by atoms with van der Waals surface area (Å²) in [6.07, 6.45) is -0.504. The highest BCUT2D eigenvalue weighted by molar-refractivity contribution is 7.89. The molecule has 25 heavy (non-hydrogen) atoms. The Labute approximate surface area is 148 Å². The molecule has 2 rings (SSSR count). The molecule has 1 atom stereocenters. The minimum Gasteiger partial charge on any atom is -0.481 e. The van der Waals surface area contributed by atoms with Crippen LogP contribution in [0.25, 0.3) is 0 Å². The maximum absolute atomic E-state index is 12.6. The molecule has 2 N–H and O–H groups in total. The molecule has 0 saturated heterocycles. The third-order valence-electron chi connectivity index (χ3n) is 3.29. The number of halogens is 1. The summed E-state index contributed by atoms with van der Waals surface area (Å²) in [4.78, 5) is 20.7. The zero-order valence-corrected chi connectivity index (χ0v) is 14.2. The Balaban J connectivity index is 2.42. The SMILES string of the molecule is O=C(O)C[C@@H](NS(=O)(=O)c1cc([N+](=O)[O-])ccc1Cl)c1ccccc1. The molecular weight excluding hydrogens is 372 g/mol. The summed E-state index contributed by atoms with van der Waals surface area (Å²) in [5.74, 6) is -1.21. The van der Waals surface area contributed by atoms with Gasteiger partial charge in [-0.2, -0.15) is 0 Å². The highest BCUT2D eigenvalue weighted by Gasteiger charge is 2.27. The predicted molar refractivity (Wildman–Crippen MR) is 89.9 cm³/mol. The lowest BCUT2D eigenvalue weighted by Gasteiger charge is -2.18. The van der Waals surface area contributed by atoms with Gasteiger partial charge in [-0.1, -0.05) is 41.9 Å². The molecule has 0 aliphatic carbocycles.